The van der Waals surface area contributed by atoms with Crippen molar-refractivity contribution >= 4 is 17.3 Å². The maximum absolute atomic E-state index is 11.4. The van der Waals surface area contributed by atoms with Gasteiger partial charge in [0.2, 0.25) is 0 Å². The summed E-state index contributed by atoms with van der Waals surface area (Å²) in [6, 6.07) is 4.96. The Labute approximate surface area is 136 Å². The lowest BCUT2D eigenvalue weighted by Gasteiger charge is -2.35. The Morgan fingerprint density at radius 3 is 2.59 bits per heavy atom. The van der Waals surface area contributed by atoms with Crippen LogP contribution in [0.5, 0.6) is 0 Å². The highest BCUT2D eigenvalue weighted by molar-refractivity contribution is 6.30. The molecule has 1 saturated heterocycles. The fourth-order valence-electron chi connectivity index (χ4n) is 2.98. The molecule has 6 heteroatoms. The summed E-state index contributed by atoms with van der Waals surface area (Å²) in [7, 11) is 0. The van der Waals surface area contributed by atoms with Gasteiger partial charge in [0, 0.05) is 48.9 Å². The highest BCUT2D eigenvalue weighted by Crippen LogP contribution is 2.35. The van der Waals surface area contributed by atoms with Crippen molar-refractivity contribution < 1.29 is 4.92 Å². The summed E-state index contributed by atoms with van der Waals surface area (Å²) < 4.78 is 0. The minimum atomic E-state index is -0.295. The van der Waals surface area contributed by atoms with Crippen LogP contribution in [0.2, 0.25) is 5.02 Å². The molecule has 1 aliphatic rings. The lowest BCUT2D eigenvalue weighted by molar-refractivity contribution is -0.386. The van der Waals surface area contributed by atoms with Gasteiger partial charge >= 0.3 is 0 Å². The van der Waals surface area contributed by atoms with Crippen LogP contribution >= 0.6 is 11.6 Å². The lowest BCUT2D eigenvalue weighted by atomic mass is 9.94. The summed E-state index contributed by atoms with van der Waals surface area (Å²) in [4.78, 5) is 13.4. The standard InChI is InChI=1S/C16H24ClN3O2/c1-12(2)3-5-15(19-9-7-18-8-10-19)14-11-13(17)4-6-16(14)20(21)22/h4,6,11-12,15,18H,3,5,7-10H2,1-2H3/t15-/m1/s1. The highest BCUT2D eigenvalue weighted by Gasteiger charge is 2.28. The maximum atomic E-state index is 11.4. The molecule has 5 nitrogen and oxygen atoms in total. The predicted molar refractivity (Wildman–Crippen MR) is 89.4 cm³/mol. The zero-order chi connectivity index (χ0) is 16.1. The molecule has 0 unspecified atom stereocenters. The predicted octanol–water partition coefficient (Wildman–Crippen LogP) is 3.63. The monoisotopic (exact) mass is 325 g/mol. The first-order valence-electron chi connectivity index (χ1n) is 7.87. The van der Waals surface area contributed by atoms with Gasteiger partial charge in [-0.05, 0) is 30.9 Å². The SMILES string of the molecule is CC(C)CC[C@H](c1cc(Cl)ccc1[N+](=O)[O-])N1CCNCC1. The molecule has 1 heterocycles. The molecular weight excluding hydrogens is 302 g/mol. The molecule has 1 aliphatic heterocycles. The number of hydrogen-bond donors (Lipinski definition) is 1. The van der Waals surface area contributed by atoms with Crippen molar-refractivity contribution in [3.05, 3.63) is 38.9 Å². The van der Waals surface area contributed by atoms with Gasteiger partial charge in [-0.3, -0.25) is 15.0 Å². The third kappa shape index (κ3) is 4.41. The fourth-order valence-corrected chi connectivity index (χ4v) is 3.16. The molecule has 0 bridgehead atoms. The summed E-state index contributed by atoms with van der Waals surface area (Å²) in [6.45, 7) is 8.03. The van der Waals surface area contributed by atoms with Crippen molar-refractivity contribution in [2.45, 2.75) is 32.7 Å². The molecule has 22 heavy (non-hydrogen) atoms. The summed E-state index contributed by atoms with van der Waals surface area (Å²) in [6.07, 6.45) is 1.96. The van der Waals surface area contributed by atoms with E-state index in [4.69, 9.17) is 11.6 Å². The Morgan fingerprint density at radius 1 is 1.32 bits per heavy atom. The van der Waals surface area contributed by atoms with E-state index >= 15 is 0 Å². The number of hydrogen-bond acceptors (Lipinski definition) is 4. The third-order valence-corrected chi connectivity index (χ3v) is 4.39. The van der Waals surface area contributed by atoms with Crippen molar-refractivity contribution in [3.8, 4) is 0 Å². The number of nitrogens with one attached hydrogen (secondary N) is 1. The van der Waals surface area contributed by atoms with Crippen molar-refractivity contribution in [2.24, 2.45) is 5.92 Å². The summed E-state index contributed by atoms with van der Waals surface area (Å²) in [5.74, 6) is 0.573. The number of nitrogens with zero attached hydrogens (tertiary/aromatic N) is 2. The molecule has 1 atom stereocenters. The Hall–Kier alpha value is -1.17. The average molecular weight is 326 g/mol. The minimum Gasteiger partial charge on any atom is -0.314 e. The molecule has 1 aromatic rings. The van der Waals surface area contributed by atoms with Crippen LogP contribution in [0.1, 0.15) is 38.3 Å². The second kappa shape index (κ2) is 7.90. The van der Waals surface area contributed by atoms with Crippen LogP contribution in [0.3, 0.4) is 0 Å². The van der Waals surface area contributed by atoms with Crippen molar-refractivity contribution in [1.82, 2.24) is 10.2 Å². The lowest BCUT2D eigenvalue weighted by Crippen LogP contribution is -2.45. The molecule has 1 N–H and O–H groups in total. The Kier molecular flexibility index (Phi) is 6.17. The van der Waals surface area contributed by atoms with Gasteiger partial charge in [0.15, 0.2) is 0 Å². The first kappa shape index (κ1) is 17.2. The quantitative estimate of drug-likeness (QED) is 0.641. The van der Waals surface area contributed by atoms with E-state index in [1.165, 1.54) is 6.07 Å². The zero-order valence-corrected chi connectivity index (χ0v) is 14.0. The summed E-state index contributed by atoms with van der Waals surface area (Å²) in [5, 5.41) is 15.3. The molecule has 0 radical (unpaired) electrons. The van der Waals surface area contributed by atoms with E-state index in [1.807, 2.05) is 0 Å². The van der Waals surface area contributed by atoms with E-state index in [9.17, 15) is 10.1 Å². The number of piperazine rings is 1. The van der Waals surface area contributed by atoms with E-state index in [1.54, 1.807) is 12.1 Å². The number of nitro groups is 1. The van der Waals surface area contributed by atoms with Gasteiger partial charge in [0.1, 0.15) is 0 Å². The van der Waals surface area contributed by atoms with E-state index in [2.05, 4.69) is 24.1 Å². The second-order valence-corrected chi connectivity index (χ2v) is 6.67. The first-order chi connectivity index (χ1) is 10.5. The molecule has 0 spiro atoms. The minimum absolute atomic E-state index is 0.0589. The van der Waals surface area contributed by atoms with Crippen LogP contribution in [-0.2, 0) is 0 Å². The molecule has 2 rings (SSSR count). The van der Waals surface area contributed by atoms with Crippen LogP contribution in [0.15, 0.2) is 18.2 Å². The van der Waals surface area contributed by atoms with E-state index < -0.39 is 0 Å². The number of nitro benzene ring substituents is 1. The van der Waals surface area contributed by atoms with E-state index in [-0.39, 0.29) is 16.7 Å². The number of rotatable bonds is 6. The number of halogens is 1. The Balaban J connectivity index is 2.34. The first-order valence-corrected chi connectivity index (χ1v) is 8.25. The maximum Gasteiger partial charge on any atom is 0.274 e. The van der Waals surface area contributed by atoms with Crippen LogP contribution < -0.4 is 5.32 Å². The van der Waals surface area contributed by atoms with E-state index in [0.29, 0.717) is 10.9 Å². The largest absolute Gasteiger partial charge is 0.314 e. The Bertz CT molecular complexity index is 516. The van der Waals surface area contributed by atoms with Gasteiger partial charge in [-0.15, -0.1) is 0 Å². The highest BCUT2D eigenvalue weighted by atomic mass is 35.5. The Morgan fingerprint density at radius 2 is 2.00 bits per heavy atom. The van der Waals surface area contributed by atoms with E-state index in [0.717, 1.165) is 44.6 Å². The molecule has 122 valence electrons. The molecule has 0 aliphatic carbocycles. The smallest absolute Gasteiger partial charge is 0.274 e. The van der Waals surface area contributed by atoms with Gasteiger partial charge in [0.05, 0.1) is 4.92 Å². The van der Waals surface area contributed by atoms with Gasteiger partial charge in [-0.1, -0.05) is 25.4 Å². The van der Waals surface area contributed by atoms with Crippen molar-refractivity contribution in [2.75, 3.05) is 26.2 Å². The molecule has 0 aromatic heterocycles. The third-order valence-electron chi connectivity index (χ3n) is 4.16. The summed E-state index contributed by atoms with van der Waals surface area (Å²) >= 11 is 6.11. The van der Waals surface area contributed by atoms with Gasteiger partial charge in [-0.2, -0.15) is 0 Å². The number of benzene rings is 1. The normalized spacial score (nSPS) is 17.6. The summed E-state index contributed by atoms with van der Waals surface area (Å²) in [5.41, 5.74) is 0.928. The second-order valence-electron chi connectivity index (χ2n) is 6.23. The van der Waals surface area contributed by atoms with Crippen LogP contribution in [-0.4, -0.2) is 36.0 Å². The van der Waals surface area contributed by atoms with Crippen LogP contribution in [0, 0.1) is 16.0 Å². The molecule has 0 amide bonds. The molecular formula is C16H24ClN3O2. The molecule has 0 saturated carbocycles. The fraction of sp³-hybridized carbons (Fsp3) is 0.625. The zero-order valence-electron chi connectivity index (χ0n) is 13.2. The van der Waals surface area contributed by atoms with Crippen LogP contribution in [0.25, 0.3) is 0 Å². The molecule has 1 fully saturated rings. The van der Waals surface area contributed by atoms with Gasteiger partial charge < -0.3 is 5.32 Å². The average Bonchev–Trinajstić information content (AvgIpc) is 2.48. The van der Waals surface area contributed by atoms with Gasteiger partial charge in [0.25, 0.3) is 5.69 Å². The molecule has 1 aromatic carbocycles. The van der Waals surface area contributed by atoms with Crippen LogP contribution in [0.4, 0.5) is 5.69 Å². The van der Waals surface area contributed by atoms with Gasteiger partial charge in [-0.25, -0.2) is 0 Å². The van der Waals surface area contributed by atoms with Crippen molar-refractivity contribution in [1.29, 1.82) is 0 Å². The van der Waals surface area contributed by atoms with Crippen molar-refractivity contribution in [3.63, 3.8) is 0 Å². The topological polar surface area (TPSA) is 58.4 Å².